The normalized spacial score (nSPS) is 23.0. The third-order valence-electron chi connectivity index (χ3n) is 2.73. The molecule has 0 aromatic carbocycles. The summed E-state index contributed by atoms with van der Waals surface area (Å²) < 4.78 is 4.70. The second-order valence-electron chi connectivity index (χ2n) is 4.47. The van der Waals surface area contributed by atoms with Gasteiger partial charge in [0, 0.05) is 12.6 Å². The number of esters is 1. The molecule has 0 aromatic rings. The lowest BCUT2D eigenvalue weighted by atomic mass is 10.1. The van der Waals surface area contributed by atoms with E-state index < -0.39 is 0 Å². The number of rotatable bonds is 4. The van der Waals surface area contributed by atoms with Crippen molar-refractivity contribution in [3.8, 4) is 0 Å². The molecule has 1 aliphatic rings. The summed E-state index contributed by atoms with van der Waals surface area (Å²) in [6, 6.07) is 0.421. The van der Waals surface area contributed by atoms with Crippen LogP contribution in [-0.2, 0) is 9.53 Å². The molecule has 82 valence electrons. The molecule has 0 spiro atoms. The lowest BCUT2D eigenvalue weighted by Gasteiger charge is -2.25. The fourth-order valence-electron chi connectivity index (χ4n) is 2.11. The lowest BCUT2D eigenvalue weighted by Crippen LogP contribution is -2.34. The second-order valence-corrected chi connectivity index (χ2v) is 4.47. The summed E-state index contributed by atoms with van der Waals surface area (Å²) in [5.74, 6) is 0.596. The molecule has 1 heterocycles. The summed E-state index contributed by atoms with van der Waals surface area (Å²) in [7, 11) is 1.46. The molecule has 1 rings (SSSR count). The van der Waals surface area contributed by atoms with Crippen LogP contribution in [0.1, 0.15) is 33.1 Å². The Balaban J connectivity index is 2.38. The Morgan fingerprint density at radius 1 is 1.57 bits per heavy atom. The number of likely N-dealkylation sites (tertiary alicyclic amines) is 1. The third kappa shape index (κ3) is 3.29. The number of carbonyl (C=O) groups excluding carboxylic acids is 1. The zero-order chi connectivity index (χ0) is 10.6. The first-order chi connectivity index (χ1) is 6.63. The first kappa shape index (κ1) is 11.5. The average Bonchev–Trinajstić information content (AvgIpc) is 2.52. The Morgan fingerprint density at radius 2 is 2.29 bits per heavy atom. The Labute approximate surface area is 86.4 Å². The zero-order valence-corrected chi connectivity index (χ0v) is 9.45. The SMILES string of the molecule is COC(=O)C[C@@H]1CCCN1CC(C)C. The van der Waals surface area contributed by atoms with E-state index in [-0.39, 0.29) is 5.97 Å². The molecule has 0 aromatic heterocycles. The van der Waals surface area contributed by atoms with Crippen LogP contribution in [0.5, 0.6) is 0 Å². The van der Waals surface area contributed by atoms with Gasteiger partial charge >= 0.3 is 5.97 Å². The Morgan fingerprint density at radius 3 is 2.86 bits per heavy atom. The van der Waals surface area contributed by atoms with Crippen molar-refractivity contribution in [3.63, 3.8) is 0 Å². The van der Waals surface area contributed by atoms with Crippen molar-refractivity contribution in [1.29, 1.82) is 0 Å². The second kappa shape index (κ2) is 5.35. The minimum Gasteiger partial charge on any atom is -0.469 e. The van der Waals surface area contributed by atoms with Gasteiger partial charge in [0.15, 0.2) is 0 Å². The molecule has 1 aliphatic heterocycles. The molecule has 1 atom stereocenters. The van der Waals surface area contributed by atoms with Crippen LogP contribution in [0.2, 0.25) is 0 Å². The van der Waals surface area contributed by atoms with Gasteiger partial charge in [-0.15, -0.1) is 0 Å². The number of methoxy groups -OCH3 is 1. The molecule has 1 saturated heterocycles. The largest absolute Gasteiger partial charge is 0.469 e. The van der Waals surface area contributed by atoms with Gasteiger partial charge in [-0.3, -0.25) is 9.69 Å². The van der Waals surface area contributed by atoms with Gasteiger partial charge in [0.05, 0.1) is 13.5 Å². The van der Waals surface area contributed by atoms with Gasteiger partial charge in [0.1, 0.15) is 0 Å². The fourth-order valence-corrected chi connectivity index (χ4v) is 2.11. The van der Waals surface area contributed by atoms with Crippen LogP contribution in [0.4, 0.5) is 0 Å². The molecule has 0 amide bonds. The van der Waals surface area contributed by atoms with E-state index in [2.05, 4.69) is 18.7 Å². The van der Waals surface area contributed by atoms with Gasteiger partial charge in [-0.2, -0.15) is 0 Å². The van der Waals surface area contributed by atoms with Gasteiger partial charge in [-0.25, -0.2) is 0 Å². The van der Waals surface area contributed by atoms with Crippen molar-refractivity contribution in [2.24, 2.45) is 5.92 Å². The maximum atomic E-state index is 11.2. The molecular weight excluding hydrogens is 178 g/mol. The van der Waals surface area contributed by atoms with E-state index in [1.165, 1.54) is 13.5 Å². The minimum absolute atomic E-state index is 0.0781. The highest BCUT2D eigenvalue weighted by atomic mass is 16.5. The van der Waals surface area contributed by atoms with Crippen LogP contribution < -0.4 is 0 Å². The van der Waals surface area contributed by atoms with E-state index in [4.69, 9.17) is 4.74 Å². The standard InChI is InChI=1S/C11H21NO2/c1-9(2)8-12-6-4-5-10(12)7-11(13)14-3/h9-10H,4-8H2,1-3H3/t10-/m0/s1. The van der Waals surface area contributed by atoms with E-state index in [9.17, 15) is 4.79 Å². The molecule has 0 saturated carbocycles. The quantitative estimate of drug-likeness (QED) is 0.645. The van der Waals surface area contributed by atoms with E-state index in [1.807, 2.05) is 0 Å². The average molecular weight is 199 g/mol. The van der Waals surface area contributed by atoms with Gasteiger partial charge in [-0.1, -0.05) is 13.8 Å². The van der Waals surface area contributed by atoms with Crippen LogP contribution in [-0.4, -0.2) is 37.1 Å². The Hall–Kier alpha value is -0.570. The predicted molar refractivity (Wildman–Crippen MR) is 56.1 cm³/mol. The van der Waals surface area contributed by atoms with E-state index in [1.54, 1.807) is 0 Å². The fraction of sp³-hybridized carbons (Fsp3) is 0.909. The molecule has 0 N–H and O–H groups in total. The summed E-state index contributed by atoms with van der Waals surface area (Å²) in [4.78, 5) is 13.6. The first-order valence-corrected chi connectivity index (χ1v) is 5.44. The van der Waals surface area contributed by atoms with Gasteiger partial charge in [0.2, 0.25) is 0 Å². The van der Waals surface area contributed by atoms with Crippen LogP contribution >= 0.6 is 0 Å². The highest BCUT2D eigenvalue weighted by molar-refractivity contribution is 5.69. The predicted octanol–water partition coefficient (Wildman–Crippen LogP) is 1.67. The van der Waals surface area contributed by atoms with E-state index in [0.717, 1.165) is 19.5 Å². The molecular formula is C11H21NO2. The van der Waals surface area contributed by atoms with Crippen molar-refractivity contribution >= 4 is 5.97 Å². The molecule has 0 radical (unpaired) electrons. The first-order valence-electron chi connectivity index (χ1n) is 5.44. The topological polar surface area (TPSA) is 29.5 Å². The number of hydrogen-bond donors (Lipinski definition) is 0. The third-order valence-corrected chi connectivity index (χ3v) is 2.73. The highest BCUT2D eigenvalue weighted by Gasteiger charge is 2.26. The van der Waals surface area contributed by atoms with E-state index >= 15 is 0 Å². The van der Waals surface area contributed by atoms with Gasteiger partial charge in [-0.05, 0) is 25.3 Å². The van der Waals surface area contributed by atoms with Crippen molar-refractivity contribution in [2.75, 3.05) is 20.2 Å². The summed E-state index contributed by atoms with van der Waals surface area (Å²) in [6.45, 7) is 6.67. The van der Waals surface area contributed by atoms with Crippen LogP contribution in [0.15, 0.2) is 0 Å². The van der Waals surface area contributed by atoms with Crippen molar-refractivity contribution < 1.29 is 9.53 Å². The maximum absolute atomic E-state index is 11.2. The minimum atomic E-state index is -0.0781. The number of nitrogens with zero attached hydrogens (tertiary/aromatic N) is 1. The van der Waals surface area contributed by atoms with Crippen molar-refractivity contribution in [3.05, 3.63) is 0 Å². The van der Waals surface area contributed by atoms with Crippen LogP contribution in [0, 0.1) is 5.92 Å². The van der Waals surface area contributed by atoms with Crippen LogP contribution in [0.25, 0.3) is 0 Å². The van der Waals surface area contributed by atoms with E-state index in [0.29, 0.717) is 18.4 Å². The summed E-state index contributed by atoms with van der Waals surface area (Å²) >= 11 is 0. The lowest BCUT2D eigenvalue weighted by molar-refractivity contribution is -0.141. The van der Waals surface area contributed by atoms with Crippen molar-refractivity contribution in [1.82, 2.24) is 4.90 Å². The maximum Gasteiger partial charge on any atom is 0.307 e. The zero-order valence-electron chi connectivity index (χ0n) is 9.45. The van der Waals surface area contributed by atoms with Crippen LogP contribution in [0.3, 0.4) is 0 Å². The number of hydrogen-bond acceptors (Lipinski definition) is 3. The summed E-state index contributed by atoms with van der Waals surface area (Å²) in [5.41, 5.74) is 0. The molecule has 1 fully saturated rings. The number of ether oxygens (including phenoxy) is 1. The monoisotopic (exact) mass is 199 g/mol. The van der Waals surface area contributed by atoms with Crippen molar-refractivity contribution in [2.45, 2.75) is 39.2 Å². The summed E-state index contributed by atoms with van der Waals surface area (Å²) in [6.07, 6.45) is 2.92. The van der Waals surface area contributed by atoms with Gasteiger partial charge in [0.25, 0.3) is 0 Å². The molecule has 3 nitrogen and oxygen atoms in total. The Bertz CT molecular complexity index is 192. The Kier molecular flexibility index (Phi) is 4.39. The summed E-state index contributed by atoms with van der Waals surface area (Å²) in [5, 5.41) is 0. The molecule has 14 heavy (non-hydrogen) atoms. The molecule has 0 aliphatic carbocycles. The molecule has 0 unspecified atom stereocenters. The highest BCUT2D eigenvalue weighted by Crippen LogP contribution is 2.21. The smallest absolute Gasteiger partial charge is 0.307 e. The van der Waals surface area contributed by atoms with Gasteiger partial charge < -0.3 is 4.74 Å². The molecule has 0 bridgehead atoms. The number of carbonyl (C=O) groups is 1. The molecule has 3 heteroatoms.